The molecule has 2 aromatic carbocycles. The van der Waals surface area contributed by atoms with E-state index in [9.17, 15) is 4.79 Å². The number of amides is 1. The van der Waals surface area contributed by atoms with Gasteiger partial charge in [0.1, 0.15) is 0 Å². The quantitative estimate of drug-likeness (QED) is 0.946. The number of piperazine rings is 1. The summed E-state index contributed by atoms with van der Waals surface area (Å²) >= 11 is 0. The molecule has 0 spiro atoms. The lowest BCUT2D eigenvalue weighted by atomic mass is 9.79. The van der Waals surface area contributed by atoms with Gasteiger partial charge < -0.3 is 5.32 Å². The molecule has 2 bridgehead atoms. The topological polar surface area (TPSA) is 32.3 Å². The minimum Gasteiger partial charge on any atom is -0.351 e. The Labute approximate surface area is 137 Å². The van der Waals surface area contributed by atoms with Crippen LogP contribution in [0.1, 0.15) is 29.9 Å². The van der Waals surface area contributed by atoms with Crippen molar-refractivity contribution in [3.05, 3.63) is 71.8 Å². The fraction of sp³-hybridized carbons (Fsp3) is 0.350. The first-order chi connectivity index (χ1) is 11.3. The second-order valence-electron chi connectivity index (χ2n) is 6.64. The molecule has 2 aromatic rings. The Bertz CT molecular complexity index is 631. The van der Waals surface area contributed by atoms with E-state index in [4.69, 9.17) is 0 Å². The Morgan fingerprint density at radius 1 is 0.913 bits per heavy atom. The van der Waals surface area contributed by atoms with E-state index in [-0.39, 0.29) is 5.91 Å². The van der Waals surface area contributed by atoms with Crippen molar-refractivity contribution in [2.45, 2.75) is 30.8 Å². The van der Waals surface area contributed by atoms with E-state index in [2.05, 4.69) is 70.9 Å². The highest BCUT2D eigenvalue weighted by atomic mass is 16.2. The SMILES string of the molecule is O=C1CN2CC(CCC2C(c2ccccc2)c2ccccc2)N1. The summed E-state index contributed by atoms with van der Waals surface area (Å²) in [5.74, 6) is 0.495. The van der Waals surface area contributed by atoms with Crippen LogP contribution in [0.15, 0.2) is 60.7 Å². The van der Waals surface area contributed by atoms with Crippen molar-refractivity contribution in [2.75, 3.05) is 13.1 Å². The fourth-order valence-corrected chi connectivity index (χ4v) is 4.16. The molecule has 2 aliphatic heterocycles. The van der Waals surface area contributed by atoms with Crippen molar-refractivity contribution in [2.24, 2.45) is 0 Å². The van der Waals surface area contributed by atoms with Crippen LogP contribution in [0.3, 0.4) is 0 Å². The average molecular weight is 306 g/mol. The Morgan fingerprint density at radius 2 is 1.52 bits per heavy atom. The van der Waals surface area contributed by atoms with Gasteiger partial charge in [0.25, 0.3) is 0 Å². The molecule has 1 N–H and O–H groups in total. The van der Waals surface area contributed by atoms with Crippen LogP contribution in [0, 0.1) is 0 Å². The lowest BCUT2D eigenvalue weighted by Gasteiger charge is -2.46. The van der Waals surface area contributed by atoms with E-state index in [0.29, 0.717) is 24.5 Å². The largest absolute Gasteiger partial charge is 0.351 e. The van der Waals surface area contributed by atoms with Gasteiger partial charge in [-0.3, -0.25) is 9.69 Å². The van der Waals surface area contributed by atoms with Crippen LogP contribution in [0.25, 0.3) is 0 Å². The highest BCUT2D eigenvalue weighted by Gasteiger charge is 2.39. The number of carbonyl (C=O) groups is 1. The van der Waals surface area contributed by atoms with Crippen molar-refractivity contribution < 1.29 is 4.79 Å². The lowest BCUT2D eigenvalue weighted by Crippen LogP contribution is -2.61. The van der Waals surface area contributed by atoms with Crippen LogP contribution in [0.2, 0.25) is 0 Å². The molecule has 0 aromatic heterocycles. The van der Waals surface area contributed by atoms with E-state index < -0.39 is 0 Å². The Hall–Kier alpha value is -2.13. The van der Waals surface area contributed by atoms with E-state index in [1.54, 1.807) is 0 Å². The minimum atomic E-state index is 0.172. The molecule has 3 heteroatoms. The van der Waals surface area contributed by atoms with E-state index in [1.165, 1.54) is 11.1 Å². The van der Waals surface area contributed by atoms with Gasteiger partial charge in [-0.2, -0.15) is 0 Å². The number of nitrogens with zero attached hydrogens (tertiary/aromatic N) is 1. The van der Waals surface area contributed by atoms with Crippen molar-refractivity contribution in [1.29, 1.82) is 0 Å². The highest BCUT2D eigenvalue weighted by molar-refractivity contribution is 5.79. The van der Waals surface area contributed by atoms with E-state index in [0.717, 1.165) is 19.4 Å². The first-order valence-electron chi connectivity index (χ1n) is 8.44. The zero-order valence-corrected chi connectivity index (χ0v) is 13.2. The molecule has 4 rings (SSSR count). The molecule has 3 nitrogen and oxygen atoms in total. The number of hydrogen-bond acceptors (Lipinski definition) is 2. The average Bonchev–Trinajstić information content (AvgIpc) is 2.59. The van der Waals surface area contributed by atoms with Gasteiger partial charge in [0.2, 0.25) is 5.91 Å². The number of benzene rings is 2. The summed E-state index contributed by atoms with van der Waals surface area (Å²) < 4.78 is 0. The fourth-order valence-electron chi connectivity index (χ4n) is 4.16. The lowest BCUT2D eigenvalue weighted by molar-refractivity contribution is -0.128. The smallest absolute Gasteiger partial charge is 0.234 e. The monoisotopic (exact) mass is 306 g/mol. The number of nitrogens with one attached hydrogen (secondary N) is 1. The third kappa shape index (κ3) is 2.89. The van der Waals surface area contributed by atoms with Crippen LogP contribution in [-0.4, -0.2) is 36.0 Å². The Balaban J connectivity index is 1.72. The van der Waals surface area contributed by atoms with Crippen molar-refractivity contribution >= 4 is 5.91 Å². The second kappa shape index (κ2) is 6.17. The molecule has 2 saturated heterocycles. The number of rotatable bonds is 3. The number of carbonyl (C=O) groups excluding carboxylic acids is 1. The predicted molar refractivity (Wildman–Crippen MR) is 91.3 cm³/mol. The molecular weight excluding hydrogens is 284 g/mol. The summed E-state index contributed by atoms with van der Waals surface area (Å²) in [6.45, 7) is 1.50. The van der Waals surface area contributed by atoms with Crippen LogP contribution in [-0.2, 0) is 4.79 Å². The van der Waals surface area contributed by atoms with Gasteiger partial charge in [-0.05, 0) is 24.0 Å². The van der Waals surface area contributed by atoms with Crippen LogP contribution >= 0.6 is 0 Å². The van der Waals surface area contributed by atoms with Gasteiger partial charge >= 0.3 is 0 Å². The summed E-state index contributed by atoms with van der Waals surface area (Å²) in [5.41, 5.74) is 2.68. The maximum absolute atomic E-state index is 12.0. The zero-order chi connectivity index (χ0) is 15.6. The molecule has 2 fully saturated rings. The first-order valence-corrected chi connectivity index (χ1v) is 8.44. The zero-order valence-electron chi connectivity index (χ0n) is 13.2. The Morgan fingerprint density at radius 3 is 2.13 bits per heavy atom. The van der Waals surface area contributed by atoms with Crippen LogP contribution < -0.4 is 5.32 Å². The minimum absolute atomic E-state index is 0.172. The van der Waals surface area contributed by atoms with Gasteiger partial charge in [-0.15, -0.1) is 0 Å². The van der Waals surface area contributed by atoms with Crippen LogP contribution in [0.5, 0.6) is 0 Å². The van der Waals surface area contributed by atoms with Gasteiger partial charge in [0.15, 0.2) is 0 Å². The molecule has 0 radical (unpaired) electrons. The molecule has 1 amide bonds. The summed E-state index contributed by atoms with van der Waals surface area (Å²) in [6, 6.07) is 22.2. The summed E-state index contributed by atoms with van der Waals surface area (Å²) in [6.07, 6.45) is 2.20. The third-order valence-electron chi connectivity index (χ3n) is 5.15. The van der Waals surface area contributed by atoms with Crippen LogP contribution in [0.4, 0.5) is 0 Å². The molecule has 2 heterocycles. The maximum atomic E-state index is 12.0. The molecule has 3 unspecified atom stereocenters. The van der Waals surface area contributed by atoms with E-state index in [1.807, 2.05) is 0 Å². The normalized spacial score (nSPS) is 26.8. The van der Waals surface area contributed by atoms with Crippen molar-refractivity contribution in [3.8, 4) is 0 Å². The number of fused-ring (bicyclic) bond motifs is 2. The molecule has 23 heavy (non-hydrogen) atoms. The molecular formula is C20H22N2O. The number of hydrogen-bond donors (Lipinski definition) is 1. The van der Waals surface area contributed by atoms with Gasteiger partial charge in [-0.25, -0.2) is 0 Å². The Kier molecular flexibility index (Phi) is 3.88. The molecule has 3 atom stereocenters. The summed E-state index contributed by atoms with van der Waals surface area (Å²) in [4.78, 5) is 14.4. The second-order valence-corrected chi connectivity index (χ2v) is 6.64. The predicted octanol–water partition coefficient (Wildman–Crippen LogP) is 2.78. The number of piperidine rings is 1. The standard InChI is InChI=1S/C20H22N2O/c23-19-14-22-13-17(21-19)11-12-18(22)20(15-7-3-1-4-8-15)16-9-5-2-6-10-16/h1-10,17-18,20H,11-14H2,(H,21,23). The van der Waals surface area contributed by atoms with E-state index >= 15 is 0 Å². The van der Waals surface area contributed by atoms with Gasteiger partial charge in [0.05, 0.1) is 6.54 Å². The van der Waals surface area contributed by atoms with Crippen molar-refractivity contribution in [1.82, 2.24) is 10.2 Å². The summed E-state index contributed by atoms with van der Waals surface area (Å²) in [5, 5.41) is 3.11. The van der Waals surface area contributed by atoms with Gasteiger partial charge in [-0.1, -0.05) is 60.7 Å². The summed E-state index contributed by atoms with van der Waals surface area (Å²) in [7, 11) is 0. The molecule has 0 saturated carbocycles. The molecule has 118 valence electrons. The highest BCUT2D eigenvalue weighted by Crippen LogP contribution is 2.36. The molecule has 2 aliphatic rings. The first kappa shape index (κ1) is 14.5. The third-order valence-corrected chi connectivity index (χ3v) is 5.15. The van der Waals surface area contributed by atoms with Crippen molar-refractivity contribution in [3.63, 3.8) is 0 Å². The molecule has 0 aliphatic carbocycles. The maximum Gasteiger partial charge on any atom is 0.234 e. The van der Waals surface area contributed by atoms with Gasteiger partial charge in [0, 0.05) is 24.5 Å².